The summed E-state index contributed by atoms with van der Waals surface area (Å²) in [7, 11) is 0. The van der Waals surface area contributed by atoms with Gasteiger partial charge in [-0.3, -0.25) is 19.7 Å². The molecule has 0 spiro atoms. The molecule has 2 atom stereocenters. The van der Waals surface area contributed by atoms with Gasteiger partial charge in [0.1, 0.15) is 6.04 Å². The van der Waals surface area contributed by atoms with Crippen molar-refractivity contribution in [3.63, 3.8) is 0 Å². The molecule has 7 nitrogen and oxygen atoms in total. The predicted molar refractivity (Wildman–Crippen MR) is 104 cm³/mol. The number of imide groups is 1. The van der Waals surface area contributed by atoms with Gasteiger partial charge < -0.3 is 15.5 Å². The maximum atomic E-state index is 13.1. The van der Waals surface area contributed by atoms with E-state index in [1.165, 1.54) is 6.42 Å². The quantitative estimate of drug-likeness (QED) is 0.657. The number of carbonyl (C=O) groups is 3. The van der Waals surface area contributed by atoms with Crippen molar-refractivity contribution in [1.82, 2.24) is 20.9 Å². The lowest BCUT2D eigenvalue weighted by atomic mass is 9.85. The molecule has 4 rings (SSSR count). The summed E-state index contributed by atoms with van der Waals surface area (Å²) in [4.78, 5) is 38.3. The number of benzene rings is 1. The molecule has 2 saturated heterocycles. The molecule has 3 heterocycles. The minimum Gasteiger partial charge on any atom is -0.322 e. The van der Waals surface area contributed by atoms with E-state index in [1.54, 1.807) is 4.90 Å². The molecule has 2 fully saturated rings. The molecule has 3 amide bonds. The second-order valence-electron chi connectivity index (χ2n) is 8.73. The highest BCUT2D eigenvalue weighted by Gasteiger charge is 2.40. The summed E-state index contributed by atoms with van der Waals surface area (Å²) in [5.74, 6) is -0.744. The number of rotatable bonds is 5. The molecule has 3 aliphatic heterocycles. The zero-order chi connectivity index (χ0) is 19.9. The molecule has 3 aliphatic rings. The number of piperidine rings is 1. The van der Waals surface area contributed by atoms with Crippen molar-refractivity contribution in [1.29, 1.82) is 0 Å². The zero-order valence-corrected chi connectivity index (χ0v) is 16.5. The highest BCUT2D eigenvalue weighted by Crippen LogP contribution is 2.31. The van der Waals surface area contributed by atoms with Gasteiger partial charge in [-0.2, -0.15) is 0 Å². The van der Waals surface area contributed by atoms with Gasteiger partial charge in [-0.05, 0) is 35.9 Å². The van der Waals surface area contributed by atoms with Crippen molar-refractivity contribution < 1.29 is 14.4 Å². The van der Waals surface area contributed by atoms with E-state index in [0.29, 0.717) is 31.1 Å². The number of fused-ring (bicyclic) bond motifs is 1. The standard InChI is InChI=1S/C21H28N4O3/c1-21(2)8-9-23-16(21)11-22-10-13-4-3-5-14-12-25(20(28)18(13)14)15-6-7-17(26)24-19(15)27/h3-5,15-16,22-23H,6-12H2,1-2H3,(H,24,26,27). The van der Waals surface area contributed by atoms with Crippen LogP contribution in [0.1, 0.15) is 54.6 Å². The monoisotopic (exact) mass is 384 g/mol. The van der Waals surface area contributed by atoms with Crippen molar-refractivity contribution in [3.8, 4) is 0 Å². The van der Waals surface area contributed by atoms with Crippen LogP contribution >= 0.6 is 0 Å². The first-order chi connectivity index (χ1) is 13.4. The largest absolute Gasteiger partial charge is 0.322 e. The van der Waals surface area contributed by atoms with Crippen molar-refractivity contribution >= 4 is 17.7 Å². The Morgan fingerprint density at radius 1 is 1.25 bits per heavy atom. The lowest BCUT2D eigenvalue weighted by Gasteiger charge is -2.29. The second kappa shape index (κ2) is 7.29. The Hall–Kier alpha value is -2.25. The Morgan fingerprint density at radius 2 is 2.07 bits per heavy atom. The first kappa shape index (κ1) is 19.1. The SMILES string of the molecule is CC1(C)CCNC1CNCc1cccc2c1C(=O)N(C1CCC(=O)NC1=O)C2. The smallest absolute Gasteiger partial charge is 0.255 e. The van der Waals surface area contributed by atoms with E-state index >= 15 is 0 Å². The molecule has 2 unspecified atom stereocenters. The van der Waals surface area contributed by atoms with Crippen molar-refractivity contribution in [3.05, 3.63) is 34.9 Å². The lowest BCUT2D eigenvalue weighted by molar-refractivity contribution is -0.136. The highest BCUT2D eigenvalue weighted by molar-refractivity contribution is 6.05. The molecule has 0 aromatic heterocycles. The number of nitrogens with one attached hydrogen (secondary N) is 3. The average molecular weight is 384 g/mol. The summed E-state index contributed by atoms with van der Waals surface area (Å²) >= 11 is 0. The highest BCUT2D eigenvalue weighted by atomic mass is 16.2. The molecule has 0 aliphatic carbocycles. The van der Waals surface area contributed by atoms with Gasteiger partial charge in [-0.1, -0.05) is 32.0 Å². The fourth-order valence-electron chi connectivity index (χ4n) is 4.56. The fourth-order valence-corrected chi connectivity index (χ4v) is 4.56. The van der Waals surface area contributed by atoms with Gasteiger partial charge in [0, 0.05) is 37.7 Å². The van der Waals surface area contributed by atoms with Crippen LogP contribution < -0.4 is 16.0 Å². The van der Waals surface area contributed by atoms with Gasteiger partial charge in [0.15, 0.2) is 0 Å². The Bertz CT molecular complexity index is 820. The van der Waals surface area contributed by atoms with E-state index in [9.17, 15) is 14.4 Å². The number of carbonyl (C=O) groups excluding carboxylic acids is 3. The van der Waals surface area contributed by atoms with Crippen LogP contribution in [0.15, 0.2) is 18.2 Å². The van der Waals surface area contributed by atoms with Crippen LogP contribution in [0.4, 0.5) is 0 Å². The van der Waals surface area contributed by atoms with E-state index in [0.717, 1.165) is 24.2 Å². The van der Waals surface area contributed by atoms with E-state index in [-0.39, 0.29) is 29.6 Å². The van der Waals surface area contributed by atoms with Crippen LogP contribution in [0.2, 0.25) is 0 Å². The molecule has 1 aromatic rings. The molecule has 150 valence electrons. The number of hydrogen-bond donors (Lipinski definition) is 3. The summed E-state index contributed by atoms with van der Waals surface area (Å²) in [5, 5.41) is 9.39. The van der Waals surface area contributed by atoms with E-state index in [2.05, 4.69) is 29.8 Å². The lowest BCUT2D eigenvalue weighted by Crippen LogP contribution is -2.52. The zero-order valence-electron chi connectivity index (χ0n) is 16.5. The second-order valence-corrected chi connectivity index (χ2v) is 8.73. The Labute approximate surface area is 165 Å². The maximum absolute atomic E-state index is 13.1. The minimum absolute atomic E-state index is 0.110. The molecule has 1 aromatic carbocycles. The van der Waals surface area contributed by atoms with Crippen LogP contribution in [0.5, 0.6) is 0 Å². The maximum Gasteiger partial charge on any atom is 0.255 e. The average Bonchev–Trinajstić information content (AvgIpc) is 3.15. The van der Waals surface area contributed by atoms with Crippen LogP contribution in [-0.2, 0) is 22.7 Å². The Morgan fingerprint density at radius 3 is 2.79 bits per heavy atom. The molecule has 28 heavy (non-hydrogen) atoms. The molecule has 0 saturated carbocycles. The summed E-state index contributed by atoms with van der Waals surface area (Å²) in [6.07, 6.45) is 1.83. The third-order valence-corrected chi connectivity index (χ3v) is 6.41. The Kier molecular flexibility index (Phi) is 4.97. The minimum atomic E-state index is -0.568. The van der Waals surface area contributed by atoms with Crippen LogP contribution in [0.3, 0.4) is 0 Å². The first-order valence-electron chi connectivity index (χ1n) is 10.1. The molecule has 0 radical (unpaired) electrons. The van der Waals surface area contributed by atoms with Gasteiger partial charge in [0.05, 0.1) is 0 Å². The fraction of sp³-hybridized carbons (Fsp3) is 0.571. The Balaban J connectivity index is 1.45. The number of amides is 3. The van der Waals surface area contributed by atoms with E-state index < -0.39 is 6.04 Å². The van der Waals surface area contributed by atoms with Crippen molar-refractivity contribution in [2.75, 3.05) is 13.1 Å². The summed E-state index contributed by atoms with van der Waals surface area (Å²) < 4.78 is 0. The third-order valence-electron chi connectivity index (χ3n) is 6.41. The van der Waals surface area contributed by atoms with Crippen LogP contribution in [-0.4, -0.2) is 47.8 Å². The summed E-state index contributed by atoms with van der Waals surface area (Å²) in [5.41, 5.74) is 2.89. The van der Waals surface area contributed by atoms with Crippen molar-refractivity contribution in [2.45, 2.75) is 58.3 Å². The van der Waals surface area contributed by atoms with E-state index in [1.807, 2.05) is 18.2 Å². The summed E-state index contributed by atoms with van der Waals surface area (Å²) in [6, 6.07) is 5.74. The van der Waals surface area contributed by atoms with Gasteiger partial charge in [0.2, 0.25) is 11.8 Å². The normalized spacial score (nSPS) is 26.5. The van der Waals surface area contributed by atoms with Gasteiger partial charge >= 0.3 is 0 Å². The molecular formula is C21H28N4O3. The third kappa shape index (κ3) is 3.44. The van der Waals surface area contributed by atoms with Gasteiger partial charge in [-0.15, -0.1) is 0 Å². The topological polar surface area (TPSA) is 90.5 Å². The molecule has 0 bridgehead atoms. The molecular weight excluding hydrogens is 356 g/mol. The number of nitrogens with zero attached hydrogens (tertiary/aromatic N) is 1. The van der Waals surface area contributed by atoms with Crippen LogP contribution in [0.25, 0.3) is 0 Å². The first-order valence-corrected chi connectivity index (χ1v) is 10.1. The van der Waals surface area contributed by atoms with Crippen molar-refractivity contribution in [2.24, 2.45) is 5.41 Å². The van der Waals surface area contributed by atoms with Gasteiger partial charge in [0.25, 0.3) is 5.91 Å². The van der Waals surface area contributed by atoms with Gasteiger partial charge in [-0.25, -0.2) is 0 Å². The summed E-state index contributed by atoms with van der Waals surface area (Å²) in [6.45, 7) is 7.49. The molecule has 7 heteroatoms. The predicted octanol–water partition coefficient (Wildman–Crippen LogP) is 0.925. The van der Waals surface area contributed by atoms with Crippen LogP contribution in [0, 0.1) is 5.41 Å². The molecule has 3 N–H and O–H groups in total. The number of hydrogen-bond acceptors (Lipinski definition) is 5. The van der Waals surface area contributed by atoms with E-state index in [4.69, 9.17) is 0 Å².